The fraction of sp³-hybridized carbons (Fsp3) is 0.0870. The number of carbonyl (C=O) groups excluding carboxylic acids is 1. The third kappa shape index (κ3) is 4.28. The molecule has 3 aromatic carbocycles. The number of amides is 1. The fourth-order valence-electron chi connectivity index (χ4n) is 3.07. The molecule has 7 heteroatoms. The molecule has 30 heavy (non-hydrogen) atoms. The smallest absolute Gasteiger partial charge is 0.262 e. The third-order valence-electron chi connectivity index (χ3n) is 4.50. The van der Waals surface area contributed by atoms with Crippen LogP contribution >= 0.6 is 0 Å². The fourth-order valence-corrected chi connectivity index (χ4v) is 3.07. The summed E-state index contributed by atoms with van der Waals surface area (Å²) < 4.78 is 19.3. The number of H-pyrrole nitrogens is 1. The van der Waals surface area contributed by atoms with Gasteiger partial charge in [-0.1, -0.05) is 30.3 Å². The van der Waals surface area contributed by atoms with Crippen LogP contribution in [0.5, 0.6) is 5.75 Å². The Balaban J connectivity index is 1.43. The highest BCUT2D eigenvalue weighted by atomic mass is 19.1. The number of halogens is 1. The van der Waals surface area contributed by atoms with Crippen LogP contribution < -0.4 is 10.1 Å². The molecule has 0 radical (unpaired) electrons. The SMILES string of the molecule is N#Cc1ccccc1OCC(=O)Nc1ccc2nc(Cc3ccccc3F)[nH]c2c1. The lowest BCUT2D eigenvalue weighted by Crippen LogP contribution is -2.20. The average Bonchev–Trinajstić information content (AvgIpc) is 3.15. The number of aromatic nitrogens is 2. The molecule has 0 unspecified atom stereocenters. The van der Waals surface area contributed by atoms with E-state index in [0.29, 0.717) is 34.8 Å². The maximum atomic E-state index is 13.9. The molecule has 1 amide bonds. The van der Waals surface area contributed by atoms with E-state index in [1.54, 1.807) is 60.7 Å². The van der Waals surface area contributed by atoms with Crippen LogP contribution in [0.2, 0.25) is 0 Å². The topological polar surface area (TPSA) is 90.8 Å². The molecule has 0 spiro atoms. The van der Waals surface area contributed by atoms with E-state index < -0.39 is 0 Å². The van der Waals surface area contributed by atoms with Crippen LogP contribution in [-0.4, -0.2) is 22.5 Å². The lowest BCUT2D eigenvalue weighted by Gasteiger charge is -2.08. The van der Waals surface area contributed by atoms with E-state index in [9.17, 15) is 9.18 Å². The summed E-state index contributed by atoms with van der Waals surface area (Å²) in [7, 11) is 0. The molecular formula is C23H17FN4O2. The zero-order valence-corrected chi connectivity index (χ0v) is 15.9. The molecule has 0 fully saturated rings. The number of rotatable bonds is 6. The van der Waals surface area contributed by atoms with Crippen LogP contribution in [0, 0.1) is 17.1 Å². The zero-order chi connectivity index (χ0) is 20.9. The Labute approximate surface area is 171 Å². The van der Waals surface area contributed by atoms with Gasteiger partial charge < -0.3 is 15.0 Å². The first-order valence-electron chi connectivity index (χ1n) is 9.26. The second kappa shape index (κ2) is 8.45. The molecule has 0 atom stereocenters. The number of nitrogens with zero attached hydrogens (tertiary/aromatic N) is 2. The van der Waals surface area contributed by atoms with Crippen molar-refractivity contribution in [2.24, 2.45) is 0 Å². The number of para-hydroxylation sites is 1. The van der Waals surface area contributed by atoms with Crippen molar-refractivity contribution in [3.63, 3.8) is 0 Å². The molecule has 2 N–H and O–H groups in total. The van der Waals surface area contributed by atoms with Crippen molar-refractivity contribution in [2.45, 2.75) is 6.42 Å². The predicted molar refractivity (Wildman–Crippen MR) is 111 cm³/mol. The predicted octanol–water partition coefficient (Wildman–Crippen LogP) is 4.18. The number of hydrogen-bond donors (Lipinski definition) is 2. The first-order chi connectivity index (χ1) is 14.6. The zero-order valence-electron chi connectivity index (χ0n) is 15.9. The van der Waals surface area contributed by atoms with Gasteiger partial charge in [-0.15, -0.1) is 0 Å². The van der Waals surface area contributed by atoms with E-state index >= 15 is 0 Å². The highest BCUT2D eigenvalue weighted by Gasteiger charge is 2.10. The quantitative estimate of drug-likeness (QED) is 0.508. The monoisotopic (exact) mass is 400 g/mol. The minimum absolute atomic E-state index is 0.224. The lowest BCUT2D eigenvalue weighted by molar-refractivity contribution is -0.118. The number of hydrogen-bond acceptors (Lipinski definition) is 4. The van der Waals surface area contributed by atoms with Gasteiger partial charge in [-0.3, -0.25) is 4.79 Å². The van der Waals surface area contributed by atoms with Crippen molar-refractivity contribution in [2.75, 3.05) is 11.9 Å². The maximum Gasteiger partial charge on any atom is 0.262 e. The van der Waals surface area contributed by atoms with Crippen molar-refractivity contribution in [3.05, 3.63) is 89.5 Å². The van der Waals surface area contributed by atoms with Gasteiger partial charge >= 0.3 is 0 Å². The van der Waals surface area contributed by atoms with Crippen LogP contribution in [0.25, 0.3) is 11.0 Å². The molecule has 148 valence electrons. The van der Waals surface area contributed by atoms with E-state index in [4.69, 9.17) is 10.00 Å². The van der Waals surface area contributed by atoms with E-state index in [2.05, 4.69) is 15.3 Å². The molecule has 4 aromatic rings. The Kier molecular flexibility index (Phi) is 5.39. The number of fused-ring (bicyclic) bond motifs is 1. The highest BCUT2D eigenvalue weighted by molar-refractivity contribution is 5.94. The van der Waals surface area contributed by atoms with Gasteiger partial charge in [0.15, 0.2) is 6.61 Å². The maximum absolute atomic E-state index is 13.9. The van der Waals surface area contributed by atoms with E-state index in [-0.39, 0.29) is 18.3 Å². The van der Waals surface area contributed by atoms with E-state index in [1.165, 1.54) is 6.07 Å². The summed E-state index contributed by atoms with van der Waals surface area (Å²) in [6.45, 7) is -0.224. The Morgan fingerprint density at radius 3 is 2.77 bits per heavy atom. The number of nitrogens with one attached hydrogen (secondary N) is 2. The van der Waals surface area contributed by atoms with Crippen molar-refractivity contribution < 1.29 is 13.9 Å². The Morgan fingerprint density at radius 1 is 1.13 bits per heavy atom. The van der Waals surface area contributed by atoms with Crippen molar-refractivity contribution >= 4 is 22.6 Å². The van der Waals surface area contributed by atoms with Crippen LogP contribution in [0.4, 0.5) is 10.1 Å². The second-order valence-corrected chi connectivity index (χ2v) is 6.63. The summed E-state index contributed by atoms with van der Waals surface area (Å²) >= 11 is 0. The molecule has 0 saturated carbocycles. The number of aromatic amines is 1. The van der Waals surface area contributed by atoms with Gasteiger partial charge in [0.05, 0.1) is 16.6 Å². The standard InChI is InChI=1S/C23H17FN4O2/c24-18-7-3-1-5-15(18)11-22-27-19-10-9-17(12-20(19)28-22)26-23(29)14-30-21-8-4-2-6-16(21)13-25/h1-10,12H,11,14H2,(H,26,29)(H,27,28). The van der Waals surface area contributed by atoms with Crippen LogP contribution in [0.3, 0.4) is 0 Å². The van der Waals surface area contributed by atoms with Gasteiger partial charge in [-0.2, -0.15) is 5.26 Å². The summed E-state index contributed by atoms with van der Waals surface area (Å²) in [4.78, 5) is 19.9. The Bertz CT molecular complexity index is 1260. The highest BCUT2D eigenvalue weighted by Crippen LogP contribution is 2.20. The molecule has 0 saturated heterocycles. The van der Waals surface area contributed by atoms with Crippen molar-refractivity contribution in [3.8, 4) is 11.8 Å². The van der Waals surface area contributed by atoms with Gasteiger partial charge in [-0.25, -0.2) is 9.37 Å². The van der Waals surface area contributed by atoms with Gasteiger partial charge in [0.2, 0.25) is 0 Å². The summed E-state index contributed by atoms with van der Waals surface area (Å²) in [6.07, 6.45) is 0.342. The van der Waals surface area contributed by atoms with E-state index in [0.717, 1.165) is 11.0 Å². The summed E-state index contributed by atoms with van der Waals surface area (Å²) in [5.41, 5.74) is 2.95. The second-order valence-electron chi connectivity index (χ2n) is 6.63. The largest absolute Gasteiger partial charge is 0.482 e. The molecular weight excluding hydrogens is 383 g/mol. The average molecular weight is 400 g/mol. The third-order valence-corrected chi connectivity index (χ3v) is 4.50. The van der Waals surface area contributed by atoms with Crippen molar-refractivity contribution in [1.82, 2.24) is 9.97 Å². The summed E-state index contributed by atoms with van der Waals surface area (Å²) in [5.74, 6) is 0.365. The number of anilines is 1. The van der Waals surface area contributed by atoms with Gasteiger partial charge in [0.1, 0.15) is 23.5 Å². The summed E-state index contributed by atoms with van der Waals surface area (Å²) in [5, 5.41) is 11.8. The Morgan fingerprint density at radius 2 is 1.93 bits per heavy atom. The number of nitriles is 1. The lowest BCUT2D eigenvalue weighted by atomic mass is 10.1. The minimum Gasteiger partial charge on any atom is -0.482 e. The first kappa shape index (κ1) is 19.2. The van der Waals surface area contributed by atoms with Crippen LogP contribution in [0.1, 0.15) is 17.0 Å². The van der Waals surface area contributed by atoms with Gasteiger partial charge in [0.25, 0.3) is 5.91 Å². The van der Waals surface area contributed by atoms with Crippen molar-refractivity contribution in [1.29, 1.82) is 5.26 Å². The normalized spacial score (nSPS) is 10.5. The summed E-state index contributed by atoms with van der Waals surface area (Å²) in [6, 6.07) is 20.6. The minimum atomic E-state index is -0.354. The van der Waals surface area contributed by atoms with E-state index in [1.807, 2.05) is 6.07 Å². The van der Waals surface area contributed by atoms with Gasteiger partial charge in [0, 0.05) is 12.1 Å². The molecule has 4 rings (SSSR count). The molecule has 0 aliphatic heterocycles. The molecule has 1 heterocycles. The molecule has 1 aromatic heterocycles. The molecule has 0 aliphatic rings. The molecule has 0 bridgehead atoms. The number of benzene rings is 3. The number of imidazole rings is 1. The molecule has 0 aliphatic carbocycles. The molecule has 6 nitrogen and oxygen atoms in total. The first-order valence-corrected chi connectivity index (χ1v) is 9.26. The van der Waals surface area contributed by atoms with Gasteiger partial charge in [-0.05, 0) is 42.0 Å². The number of ether oxygens (including phenoxy) is 1. The van der Waals surface area contributed by atoms with Crippen LogP contribution in [-0.2, 0) is 11.2 Å². The van der Waals surface area contributed by atoms with Crippen LogP contribution in [0.15, 0.2) is 66.7 Å². The Hall–Kier alpha value is -4.18. The number of carbonyl (C=O) groups is 1.